The average molecular weight is 581 g/mol. The predicted molar refractivity (Wildman–Crippen MR) is 170 cm³/mol. The lowest BCUT2D eigenvalue weighted by Gasteiger charge is -2.33. The molecule has 1 amide bonds. The summed E-state index contributed by atoms with van der Waals surface area (Å²) in [6.07, 6.45) is 3.75. The third kappa shape index (κ3) is 5.87. The van der Waals surface area contributed by atoms with Crippen LogP contribution in [0.15, 0.2) is 77.6 Å². The number of benzene rings is 3. The number of amides is 1. The molecule has 3 heterocycles. The van der Waals surface area contributed by atoms with E-state index in [4.69, 9.17) is 15.5 Å². The first-order valence-corrected chi connectivity index (χ1v) is 15.2. The Kier molecular flexibility index (Phi) is 8.44. The SMILES string of the molecule is COCCCn1c([C@@H]2CCCN(C(=O)C[C@H](N)Cc3ccc(-n4c(=O)n(C)c5ccccc54)cc3)C2)nc2ccccc21. The molecular formula is C34H40N6O3. The van der Waals surface area contributed by atoms with Crippen molar-refractivity contribution in [2.45, 2.75) is 50.6 Å². The van der Waals surface area contributed by atoms with Gasteiger partial charge in [-0.3, -0.25) is 13.9 Å². The van der Waals surface area contributed by atoms with Crippen molar-refractivity contribution < 1.29 is 9.53 Å². The van der Waals surface area contributed by atoms with Crippen molar-refractivity contribution >= 4 is 28.0 Å². The maximum Gasteiger partial charge on any atom is 0.333 e. The van der Waals surface area contributed by atoms with Crippen LogP contribution in [0.4, 0.5) is 0 Å². The third-order valence-corrected chi connectivity index (χ3v) is 8.64. The molecule has 43 heavy (non-hydrogen) atoms. The number of ether oxygens (including phenoxy) is 1. The number of aromatic nitrogens is 4. The molecule has 2 atom stereocenters. The van der Waals surface area contributed by atoms with Gasteiger partial charge in [-0.05, 0) is 67.6 Å². The van der Waals surface area contributed by atoms with E-state index in [-0.39, 0.29) is 23.6 Å². The van der Waals surface area contributed by atoms with Gasteiger partial charge in [-0.1, -0.05) is 36.4 Å². The van der Waals surface area contributed by atoms with Gasteiger partial charge in [0.15, 0.2) is 0 Å². The Labute approximate surface area is 251 Å². The van der Waals surface area contributed by atoms with Crippen LogP contribution >= 0.6 is 0 Å². The topological polar surface area (TPSA) is 100 Å². The summed E-state index contributed by atoms with van der Waals surface area (Å²) in [6, 6.07) is 23.6. The molecule has 1 aliphatic rings. The number of nitrogens with zero attached hydrogens (tertiary/aromatic N) is 5. The minimum Gasteiger partial charge on any atom is -0.385 e. The maximum atomic E-state index is 13.4. The standard InChI is InChI=1S/C34H40N6O3/c1-37-30-12-5-6-13-31(30)40(34(37)42)27-16-14-24(15-17-27)21-26(35)22-32(41)38-18-7-9-25(23-38)33-36-28-10-3-4-11-29(28)39(33)19-8-20-43-2/h3-6,10-17,25-26H,7-9,18-23,35H2,1-2H3/t25-,26-/m1/s1. The third-order valence-electron chi connectivity index (χ3n) is 8.64. The van der Waals surface area contributed by atoms with Crippen molar-refractivity contribution in [2.24, 2.45) is 12.8 Å². The Balaban J connectivity index is 1.11. The average Bonchev–Trinajstić information content (AvgIpc) is 3.52. The molecule has 0 radical (unpaired) electrons. The van der Waals surface area contributed by atoms with Crippen molar-refractivity contribution in [1.29, 1.82) is 0 Å². The number of carbonyl (C=O) groups excluding carboxylic acids is 1. The number of nitrogens with two attached hydrogens (primary N) is 1. The van der Waals surface area contributed by atoms with Gasteiger partial charge in [-0.2, -0.15) is 0 Å². The fourth-order valence-corrected chi connectivity index (χ4v) is 6.47. The summed E-state index contributed by atoms with van der Waals surface area (Å²) in [5.41, 5.74) is 12.2. The van der Waals surface area contributed by atoms with Gasteiger partial charge >= 0.3 is 5.69 Å². The zero-order valence-electron chi connectivity index (χ0n) is 25.0. The van der Waals surface area contributed by atoms with E-state index in [9.17, 15) is 9.59 Å². The molecular weight excluding hydrogens is 540 g/mol. The summed E-state index contributed by atoms with van der Waals surface area (Å²) in [6.45, 7) is 2.95. The van der Waals surface area contributed by atoms with Crippen LogP contribution in [0.3, 0.4) is 0 Å². The molecule has 6 rings (SSSR count). The van der Waals surface area contributed by atoms with Gasteiger partial charge in [0, 0.05) is 58.8 Å². The van der Waals surface area contributed by atoms with Crippen LogP contribution in [0.25, 0.3) is 27.8 Å². The Morgan fingerprint density at radius 3 is 2.51 bits per heavy atom. The Hall–Kier alpha value is -4.21. The molecule has 9 heteroatoms. The van der Waals surface area contributed by atoms with Crippen LogP contribution in [0, 0.1) is 0 Å². The van der Waals surface area contributed by atoms with Gasteiger partial charge in [0.2, 0.25) is 5.91 Å². The molecule has 5 aromatic rings. The highest BCUT2D eigenvalue weighted by molar-refractivity contribution is 5.79. The van der Waals surface area contributed by atoms with E-state index in [0.29, 0.717) is 26.0 Å². The number of rotatable bonds is 10. The van der Waals surface area contributed by atoms with E-state index < -0.39 is 0 Å². The monoisotopic (exact) mass is 580 g/mol. The first-order chi connectivity index (χ1) is 20.9. The van der Waals surface area contributed by atoms with Gasteiger partial charge in [0.05, 0.1) is 27.8 Å². The molecule has 1 aliphatic heterocycles. The number of likely N-dealkylation sites (tertiary alicyclic amines) is 1. The number of carbonyl (C=O) groups is 1. The van der Waals surface area contributed by atoms with E-state index in [2.05, 4.69) is 22.8 Å². The van der Waals surface area contributed by atoms with Crippen LogP contribution in [-0.2, 0) is 29.5 Å². The molecule has 9 nitrogen and oxygen atoms in total. The molecule has 1 fully saturated rings. The van der Waals surface area contributed by atoms with E-state index in [0.717, 1.165) is 71.5 Å². The van der Waals surface area contributed by atoms with Gasteiger partial charge in [0.25, 0.3) is 0 Å². The van der Waals surface area contributed by atoms with Gasteiger partial charge in [-0.15, -0.1) is 0 Å². The predicted octanol–water partition coefficient (Wildman–Crippen LogP) is 4.38. The summed E-state index contributed by atoms with van der Waals surface area (Å²) in [5, 5.41) is 0. The molecule has 0 saturated carbocycles. The fraction of sp³-hybridized carbons (Fsp3) is 0.382. The zero-order valence-corrected chi connectivity index (χ0v) is 25.0. The van der Waals surface area contributed by atoms with Gasteiger partial charge in [-0.25, -0.2) is 9.78 Å². The highest BCUT2D eigenvalue weighted by Crippen LogP contribution is 2.30. The Morgan fingerprint density at radius 1 is 1.02 bits per heavy atom. The zero-order chi connectivity index (χ0) is 29.9. The molecule has 224 valence electrons. The molecule has 0 aliphatic carbocycles. The molecule has 0 unspecified atom stereocenters. The minimum atomic E-state index is -0.294. The van der Waals surface area contributed by atoms with E-state index in [1.165, 1.54) is 0 Å². The number of hydrogen-bond acceptors (Lipinski definition) is 5. The summed E-state index contributed by atoms with van der Waals surface area (Å²) in [5.74, 6) is 1.34. The van der Waals surface area contributed by atoms with Crippen LogP contribution in [-0.4, -0.2) is 62.3 Å². The number of piperidine rings is 1. The lowest BCUT2D eigenvalue weighted by Crippen LogP contribution is -2.42. The number of para-hydroxylation sites is 4. The molecule has 2 aromatic heterocycles. The Morgan fingerprint density at radius 2 is 1.74 bits per heavy atom. The molecule has 0 bridgehead atoms. The number of methoxy groups -OCH3 is 1. The normalized spacial score (nSPS) is 16.3. The van der Waals surface area contributed by atoms with Gasteiger partial charge < -0.3 is 19.9 Å². The molecule has 3 aromatic carbocycles. The summed E-state index contributed by atoms with van der Waals surface area (Å²) in [7, 11) is 3.52. The van der Waals surface area contributed by atoms with Crippen LogP contribution < -0.4 is 11.4 Å². The fourth-order valence-electron chi connectivity index (χ4n) is 6.47. The molecule has 1 saturated heterocycles. The number of imidazole rings is 2. The van der Waals surface area contributed by atoms with E-state index in [1.54, 1.807) is 23.3 Å². The van der Waals surface area contributed by atoms with Crippen LogP contribution in [0.5, 0.6) is 0 Å². The highest BCUT2D eigenvalue weighted by Gasteiger charge is 2.29. The van der Waals surface area contributed by atoms with Crippen molar-refractivity contribution in [3.05, 3.63) is 94.7 Å². The van der Waals surface area contributed by atoms with Crippen molar-refractivity contribution in [3.63, 3.8) is 0 Å². The Bertz CT molecular complexity index is 1780. The molecule has 2 N–H and O–H groups in total. The van der Waals surface area contributed by atoms with Crippen molar-refractivity contribution in [3.8, 4) is 5.69 Å². The largest absolute Gasteiger partial charge is 0.385 e. The first kappa shape index (κ1) is 28.9. The lowest BCUT2D eigenvalue weighted by molar-refractivity contribution is -0.132. The lowest BCUT2D eigenvalue weighted by atomic mass is 9.96. The van der Waals surface area contributed by atoms with Crippen molar-refractivity contribution in [1.82, 2.24) is 23.6 Å². The summed E-state index contributed by atoms with van der Waals surface area (Å²) in [4.78, 5) is 33.3. The van der Waals surface area contributed by atoms with E-state index >= 15 is 0 Å². The molecule has 0 spiro atoms. The summed E-state index contributed by atoms with van der Waals surface area (Å²) < 4.78 is 11.0. The van der Waals surface area contributed by atoms with Crippen molar-refractivity contribution in [2.75, 3.05) is 26.8 Å². The van der Waals surface area contributed by atoms with E-state index in [1.807, 2.05) is 59.5 Å². The quantitative estimate of drug-likeness (QED) is 0.247. The summed E-state index contributed by atoms with van der Waals surface area (Å²) >= 11 is 0. The highest BCUT2D eigenvalue weighted by atomic mass is 16.5. The number of hydrogen-bond donors (Lipinski definition) is 1. The number of aryl methyl sites for hydroxylation is 2. The minimum absolute atomic E-state index is 0.0818. The second kappa shape index (κ2) is 12.6. The number of fused-ring (bicyclic) bond motifs is 2. The second-order valence-electron chi connectivity index (χ2n) is 11.6. The van der Waals surface area contributed by atoms with Crippen LogP contribution in [0.1, 0.15) is 43.0 Å². The first-order valence-electron chi connectivity index (χ1n) is 15.2. The van der Waals surface area contributed by atoms with Crippen LogP contribution in [0.2, 0.25) is 0 Å². The van der Waals surface area contributed by atoms with Gasteiger partial charge in [0.1, 0.15) is 5.82 Å². The second-order valence-corrected chi connectivity index (χ2v) is 11.6. The smallest absolute Gasteiger partial charge is 0.333 e. The maximum absolute atomic E-state index is 13.4.